The van der Waals surface area contributed by atoms with Crippen molar-refractivity contribution in [3.05, 3.63) is 41.7 Å². The average molecular weight is 214 g/mol. The molecule has 0 aliphatic carbocycles. The topological polar surface area (TPSA) is 35.0 Å². The van der Waals surface area contributed by atoms with E-state index in [1.54, 1.807) is 13.3 Å². The Morgan fingerprint density at radius 3 is 2.38 bits per heavy atom. The van der Waals surface area contributed by atoms with Crippen molar-refractivity contribution in [3.63, 3.8) is 0 Å². The smallest absolute Gasteiger partial charge is 0.240 e. The zero-order chi connectivity index (χ0) is 11.5. The van der Waals surface area contributed by atoms with Gasteiger partial charge in [0.2, 0.25) is 5.88 Å². The summed E-state index contributed by atoms with van der Waals surface area (Å²) >= 11 is 0. The van der Waals surface area contributed by atoms with Crippen LogP contribution in [-0.2, 0) is 0 Å². The molecule has 16 heavy (non-hydrogen) atoms. The van der Waals surface area contributed by atoms with Gasteiger partial charge < -0.3 is 4.74 Å². The number of rotatable bonds is 2. The second-order valence-electron chi connectivity index (χ2n) is 3.74. The summed E-state index contributed by atoms with van der Waals surface area (Å²) in [5.74, 6) is 0.573. The van der Waals surface area contributed by atoms with Crippen molar-refractivity contribution in [1.29, 1.82) is 0 Å². The number of benzene rings is 1. The molecule has 0 saturated carbocycles. The van der Waals surface area contributed by atoms with Crippen molar-refractivity contribution in [3.8, 4) is 17.1 Å². The second-order valence-corrected chi connectivity index (χ2v) is 3.74. The maximum Gasteiger partial charge on any atom is 0.240 e. The van der Waals surface area contributed by atoms with Crippen molar-refractivity contribution in [2.75, 3.05) is 7.11 Å². The Labute approximate surface area is 95.1 Å². The zero-order valence-corrected chi connectivity index (χ0v) is 9.69. The van der Waals surface area contributed by atoms with Gasteiger partial charge in [0.05, 0.1) is 12.8 Å². The van der Waals surface area contributed by atoms with Crippen LogP contribution in [0.3, 0.4) is 0 Å². The van der Waals surface area contributed by atoms with Crippen LogP contribution >= 0.6 is 0 Å². The lowest BCUT2D eigenvalue weighted by molar-refractivity contribution is 0.396. The number of aryl methyl sites for hydroxylation is 2. The lowest BCUT2D eigenvalue weighted by Crippen LogP contribution is -1.96. The van der Waals surface area contributed by atoms with E-state index in [1.807, 2.05) is 19.1 Å². The molecule has 3 heteroatoms. The zero-order valence-electron chi connectivity index (χ0n) is 9.69. The molecule has 3 nitrogen and oxygen atoms in total. The highest BCUT2D eigenvalue weighted by Gasteiger charge is 2.08. The van der Waals surface area contributed by atoms with Crippen LogP contribution in [0.1, 0.15) is 11.3 Å². The van der Waals surface area contributed by atoms with E-state index in [2.05, 4.69) is 29.0 Å². The minimum atomic E-state index is 0.573. The highest BCUT2D eigenvalue weighted by molar-refractivity contribution is 5.64. The van der Waals surface area contributed by atoms with Gasteiger partial charge in [-0.05, 0) is 13.8 Å². The van der Waals surface area contributed by atoms with Gasteiger partial charge in [-0.3, -0.25) is 0 Å². The van der Waals surface area contributed by atoms with Crippen molar-refractivity contribution >= 4 is 0 Å². The van der Waals surface area contributed by atoms with E-state index in [1.165, 1.54) is 5.56 Å². The molecule has 0 atom stereocenters. The molecule has 0 spiro atoms. The molecule has 1 heterocycles. The quantitative estimate of drug-likeness (QED) is 0.771. The van der Waals surface area contributed by atoms with Gasteiger partial charge in [0.25, 0.3) is 0 Å². The minimum Gasteiger partial charge on any atom is -0.479 e. The fraction of sp³-hybridized carbons (Fsp3) is 0.231. The van der Waals surface area contributed by atoms with E-state index < -0.39 is 0 Å². The van der Waals surface area contributed by atoms with Gasteiger partial charge in [0, 0.05) is 11.8 Å². The lowest BCUT2D eigenvalue weighted by atomic mass is 10.1. The van der Waals surface area contributed by atoms with E-state index in [-0.39, 0.29) is 0 Å². The summed E-state index contributed by atoms with van der Waals surface area (Å²) in [6, 6.07) is 8.15. The van der Waals surface area contributed by atoms with E-state index in [4.69, 9.17) is 4.74 Å². The number of hydrogen-bond donors (Lipinski definition) is 0. The lowest BCUT2D eigenvalue weighted by Gasteiger charge is -2.07. The predicted octanol–water partition coefficient (Wildman–Crippen LogP) is 2.77. The molecular weight excluding hydrogens is 200 g/mol. The Morgan fingerprint density at radius 1 is 1.06 bits per heavy atom. The molecule has 0 aliphatic heterocycles. The Balaban J connectivity index is 2.51. The molecule has 1 aromatic heterocycles. The molecule has 0 N–H and O–H groups in total. The predicted molar refractivity (Wildman–Crippen MR) is 63.5 cm³/mol. The Bertz CT molecular complexity index is 492. The van der Waals surface area contributed by atoms with Gasteiger partial charge in [-0.25, -0.2) is 9.97 Å². The third kappa shape index (κ3) is 2.03. The standard InChI is InChI=1S/C13H14N2O/c1-9-4-6-11(7-5-9)12-13(16-3)15-10(2)8-14-12/h4-8H,1-3H3. The van der Waals surface area contributed by atoms with Gasteiger partial charge in [-0.15, -0.1) is 0 Å². The Kier molecular flexibility index (Phi) is 2.86. The van der Waals surface area contributed by atoms with Crippen molar-refractivity contribution < 1.29 is 4.74 Å². The average Bonchev–Trinajstić information content (AvgIpc) is 2.30. The summed E-state index contributed by atoms with van der Waals surface area (Å²) in [6.45, 7) is 3.95. The first kappa shape index (κ1) is 10.6. The number of aromatic nitrogens is 2. The monoisotopic (exact) mass is 214 g/mol. The Morgan fingerprint density at radius 2 is 1.75 bits per heavy atom. The van der Waals surface area contributed by atoms with Crippen molar-refractivity contribution in [1.82, 2.24) is 9.97 Å². The van der Waals surface area contributed by atoms with Crippen LogP contribution in [0.15, 0.2) is 30.5 Å². The summed E-state index contributed by atoms with van der Waals surface area (Å²) in [5.41, 5.74) is 3.89. The van der Waals surface area contributed by atoms with Crippen LogP contribution in [0.5, 0.6) is 5.88 Å². The SMILES string of the molecule is COc1nc(C)cnc1-c1ccc(C)cc1. The molecule has 0 radical (unpaired) electrons. The first-order chi connectivity index (χ1) is 7.70. The second kappa shape index (κ2) is 4.31. The molecule has 0 unspecified atom stereocenters. The van der Waals surface area contributed by atoms with Crippen LogP contribution in [0.4, 0.5) is 0 Å². The molecule has 0 aliphatic rings. The number of methoxy groups -OCH3 is 1. The van der Waals surface area contributed by atoms with Crippen molar-refractivity contribution in [2.24, 2.45) is 0 Å². The van der Waals surface area contributed by atoms with Gasteiger partial charge in [0.1, 0.15) is 5.69 Å². The first-order valence-corrected chi connectivity index (χ1v) is 5.15. The third-order valence-corrected chi connectivity index (χ3v) is 2.38. The van der Waals surface area contributed by atoms with E-state index >= 15 is 0 Å². The highest BCUT2D eigenvalue weighted by atomic mass is 16.5. The summed E-state index contributed by atoms with van der Waals surface area (Å²) in [6.07, 6.45) is 1.75. The number of nitrogens with zero attached hydrogens (tertiary/aromatic N) is 2. The summed E-state index contributed by atoms with van der Waals surface area (Å²) < 4.78 is 5.24. The summed E-state index contributed by atoms with van der Waals surface area (Å²) in [7, 11) is 1.61. The number of hydrogen-bond acceptors (Lipinski definition) is 3. The third-order valence-electron chi connectivity index (χ3n) is 2.38. The number of ether oxygens (including phenoxy) is 1. The van der Waals surface area contributed by atoms with E-state index in [0.717, 1.165) is 17.0 Å². The fourth-order valence-electron chi connectivity index (χ4n) is 1.51. The van der Waals surface area contributed by atoms with E-state index in [9.17, 15) is 0 Å². The molecule has 82 valence electrons. The van der Waals surface area contributed by atoms with Crippen LogP contribution < -0.4 is 4.74 Å². The fourth-order valence-corrected chi connectivity index (χ4v) is 1.51. The van der Waals surface area contributed by atoms with E-state index in [0.29, 0.717) is 5.88 Å². The first-order valence-electron chi connectivity index (χ1n) is 5.15. The van der Waals surface area contributed by atoms with Crippen LogP contribution in [-0.4, -0.2) is 17.1 Å². The minimum absolute atomic E-state index is 0.573. The molecule has 0 amide bonds. The van der Waals surface area contributed by atoms with Gasteiger partial charge >= 0.3 is 0 Å². The Hall–Kier alpha value is -1.90. The maximum atomic E-state index is 5.24. The van der Waals surface area contributed by atoms with Crippen molar-refractivity contribution in [2.45, 2.75) is 13.8 Å². The molecule has 1 aromatic carbocycles. The molecule has 0 fully saturated rings. The van der Waals surface area contributed by atoms with Crippen LogP contribution in [0, 0.1) is 13.8 Å². The molecule has 0 saturated heterocycles. The highest BCUT2D eigenvalue weighted by Crippen LogP contribution is 2.25. The summed E-state index contributed by atoms with van der Waals surface area (Å²) in [5, 5.41) is 0. The molecule has 2 rings (SSSR count). The normalized spacial score (nSPS) is 10.2. The van der Waals surface area contributed by atoms with Crippen LogP contribution in [0.2, 0.25) is 0 Å². The largest absolute Gasteiger partial charge is 0.479 e. The van der Waals surface area contributed by atoms with Crippen LogP contribution in [0.25, 0.3) is 11.3 Å². The molecule has 2 aromatic rings. The maximum absolute atomic E-state index is 5.24. The van der Waals surface area contributed by atoms with Gasteiger partial charge in [0.15, 0.2) is 0 Å². The molecule has 0 bridgehead atoms. The van der Waals surface area contributed by atoms with Gasteiger partial charge in [-0.1, -0.05) is 29.8 Å². The van der Waals surface area contributed by atoms with Gasteiger partial charge in [-0.2, -0.15) is 0 Å². The molecular formula is C13H14N2O. The summed E-state index contributed by atoms with van der Waals surface area (Å²) in [4.78, 5) is 8.67.